The predicted molar refractivity (Wildman–Crippen MR) is 41.8 cm³/mol. The standard InChI is InChI=1S/C9H14O/c1-3-8-5-4-6-9(10)7(8)2/h8H,2-6H2,1H3/t8-/m0/s1. The number of Topliss-reactive ketones (excluding diaryl/α,β-unsaturated/α-hetero) is 1. The van der Waals surface area contributed by atoms with Crippen LogP contribution in [0.2, 0.25) is 0 Å². The summed E-state index contributed by atoms with van der Waals surface area (Å²) in [6, 6.07) is 0. The molecule has 0 aliphatic heterocycles. The van der Waals surface area contributed by atoms with Gasteiger partial charge in [0.1, 0.15) is 0 Å². The van der Waals surface area contributed by atoms with Crippen LogP contribution < -0.4 is 0 Å². The van der Waals surface area contributed by atoms with Gasteiger partial charge < -0.3 is 0 Å². The summed E-state index contributed by atoms with van der Waals surface area (Å²) in [5.41, 5.74) is 0.869. The summed E-state index contributed by atoms with van der Waals surface area (Å²) in [6.45, 7) is 5.92. The molecule has 0 heterocycles. The predicted octanol–water partition coefficient (Wildman–Crippen LogP) is 2.32. The van der Waals surface area contributed by atoms with Crippen LogP contribution in [0.5, 0.6) is 0 Å². The van der Waals surface area contributed by atoms with Gasteiger partial charge in [0.25, 0.3) is 0 Å². The first-order chi connectivity index (χ1) is 4.75. The number of carbonyl (C=O) groups is 1. The molecule has 1 aliphatic rings. The van der Waals surface area contributed by atoms with Crippen LogP contribution in [0, 0.1) is 5.92 Å². The van der Waals surface area contributed by atoms with Crippen molar-refractivity contribution in [2.45, 2.75) is 32.6 Å². The molecule has 1 nitrogen and oxygen atoms in total. The first-order valence-electron chi connectivity index (χ1n) is 3.97. The molecule has 1 rings (SSSR count). The molecule has 0 aromatic carbocycles. The molecule has 0 bridgehead atoms. The summed E-state index contributed by atoms with van der Waals surface area (Å²) in [5, 5.41) is 0. The minimum atomic E-state index is 0.290. The second-order valence-electron chi connectivity index (χ2n) is 2.95. The van der Waals surface area contributed by atoms with E-state index in [1.54, 1.807) is 0 Å². The maximum atomic E-state index is 11.1. The zero-order valence-corrected chi connectivity index (χ0v) is 6.52. The second-order valence-corrected chi connectivity index (χ2v) is 2.95. The molecule has 56 valence electrons. The Balaban J connectivity index is 2.60. The van der Waals surface area contributed by atoms with E-state index in [0.717, 1.165) is 24.8 Å². The molecule has 0 radical (unpaired) electrons. The van der Waals surface area contributed by atoms with Crippen molar-refractivity contribution < 1.29 is 4.79 Å². The van der Waals surface area contributed by atoms with E-state index in [2.05, 4.69) is 13.5 Å². The maximum Gasteiger partial charge on any atom is 0.158 e. The van der Waals surface area contributed by atoms with E-state index in [0.29, 0.717) is 5.92 Å². The maximum absolute atomic E-state index is 11.1. The highest BCUT2D eigenvalue weighted by molar-refractivity contribution is 5.95. The summed E-state index contributed by atoms with van der Waals surface area (Å²) < 4.78 is 0. The monoisotopic (exact) mass is 138 g/mol. The lowest BCUT2D eigenvalue weighted by Gasteiger charge is -2.21. The zero-order valence-electron chi connectivity index (χ0n) is 6.52. The lowest BCUT2D eigenvalue weighted by molar-refractivity contribution is -0.117. The van der Waals surface area contributed by atoms with Crippen molar-refractivity contribution in [3.63, 3.8) is 0 Å². The first kappa shape index (κ1) is 7.52. The molecule has 0 aromatic heterocycles. The molecule has 0 saturated heterocycles. The van der Waals surface area contributed by atoms with Crippen molar-refractivity contribution in [2.24, 2.45) is 5.92 Å². The van der Waals surface area contributed by atoms with E-state index in [-0.39, 0.29) is 5.78 Å². The van der Waals surface area contributed by atoms with Crippen LogP contribution in [0.4, 0.5) is 0 Å². The molecular weight excluding hydrogens is 124 g/mol. The number of ketones is 1. The van der Waals surface area contributed by atoms with Gasteiger partial charge in [0.15, 0.2) is 5.78 Å². The van der Waals surface area contributed by atoms with Gasteiger partial charge in [-0.25, -0.2) is 0 Å². The average molecular weight is 138 g/mol. The van der Waals surface area contributed by atoms with Gasteiger partial charge in [-0.05, 0) is 30.8 Å². The van der Waals surface area contributed by atoms with E-state index in [1.807, 2.05) is 0 Å². The van der Waals surface area contributed by atoms with Crippen molar-refractivity contribution in [1.29, 1.82) is 0 Å². The van der Waals surface area contributed by atoms with Crippen LogP contribution in [0.3, 0.4) is 0 Å². The average Bonchev–Trinajstić information content (AvgIpc) is 1.95. The highest BCUT2D eigenvalue weighted by Crippen LogP contribution is 2.27. The van der Waals surface area contributed by atoms with E-state index in [1.165, 1.54) is 6.42 Å². The Morgan fingerprint density at radius 3 is 2.90 bits per heavy atom. The van der Waals surface area contributed by atoms with Crippen LogP contribution in [-0.2, 0) is 4.79 Å². The minimum Gasteiger partial charge on any atom is -0.295 e. The summed E-state index contributed by atoms with van der Waals surface area (Å²) in [6.07, 6.45) is 4.04. The summed E-state index contributed by atoms with van der Waals surface area (Å²) in [5.74, 6) is 0.777. The normalized spacial score (nSPS) is 27.1. The first-order valence-corrected chi connectivity index (χ1v) is 3.97. The minimum absolute atomic E-state index is 0.290. The Morgan fingerprint density at radius 1 is 1.70 bits per heavy atom. The van der Waals surface area contributed by atoms with Gasteiger partial charge in [0, 0.05) is 6.42 Å². The molecule has 0 amide bonds. The van der Waals surface area contributed by atoms with Gasteiger partial charge in [-0.1, -0.05) is 13.5 Å². The number of rotatable bonds is 1. The highest BCUT2D eigenvalue weighted by atomic mass is 16.1. The summed E-state index contributed by atoms with van der Waals surface area (Å²) >= 11 is 0. The van der Waals surface area contributed by atoms with Crippen LogP contribution in [0.15, 0.2) is 12.2 Å². The number of hydrogen-bond donors (Lipinski definition) is 0. The van der Waals surface area contributed by atoms with E-state index in [9.17, 15) is 4.79 Å². The largest absolute Gasteiger partial charge is 0.295 e. The van der Waals surface area contributed by atoms with Crippen molar-refractivity contribution in [2.75, 3.05) is 0 Å². The van der Waals surface area contributed by atoms with Gasteiger partial charge in [-0.15, -0.1) is 0 Å². The van der Waals surface area contributed by atoms with Crippen LogP contribution in [0.1, 0.15) is 32.6 Å². The van der Waals surface area contributed by atoms with Crippen LogP contribution in [0.25, 0.3) is 0 Å². The second kappa shape index (κ2) is 3.00. The van der Waals surface area contributed by atoms with Gasteiger partial charge in [0.05, 0.1) is 0 Å². The lowest BCUT2D eigenvalue weighted by Crippen LogP contribution is -2.17. The molecule has 0 unspecified atom stereocenters. The van der Waals surface area contributed by atoms with E-state index in [4.69, 9.17) is 0 Å². The van der Waals surface area contributed by atoms with Crippen molar-refractivity contribution in [3.8, 4) is 0 Å². The quantitative estimate of drug-likeness (QED) is 0.508. The Labute approximate surface area is 62.1 Å². The van der Waals surface area contributed by atoms with Gasteiger partial charge in [-0.3, -0.25) is 4.79 Å². The number of allylic oxidation sites excluding steroid dienone is 1. The third-order valence-corrected chi connectivity index (χ3v) is 2.30. The number of carbonyl (C=O) groups excluding carboxylic acids is 1. The fourth-order valence-electron chi connectivity index (χ4n) is 1.52. The molecule has 0 aromatic rings. The molecule has 0 N–H and O–H groups in total. The third kappa shape index (κ3) is 1.28. The Morgan fingerprint density at radius 2 is 2.40 bits per heavy atom. The molecular formula is C9H14O. The van der Waals surface area contributed by atoms with Crippen LogP contribution in [-0.4, -0.2) is 5.78 Å². The molecule has 1 saturated carbocycles. The Bertz CT molecular complexity index is 158. The fraction of sp³-hybridized carbons (Fsp3) is 0.667. The fourth-order valence-corrected chi connectivity index (χ4v) is 1.52. The molecule has 10 heavy (non-hydrogen) atoms. The lowest BCUT2D eigenvalue weighted by atomic mass is 9.83. The van der Waals surface area contributed by atoms with Gasteiger partial charge in [-0.2, -0.15) is 0 Å². The SMILES string of the molecule is C=C1C(=O)CCC[C@@H]1CC. The van der Waals surface area contributed by atoms with Crippen LogP contribution >= 0.6 is 0 Å². The number of hydrogen-bond acceptors (Lipinski definition) is 1. The van der Waals surface area contributed by atoms with Crippen molar-refractivity contribution >= 4 is 5.78 Å². The molecule has 1 atom stereocenters. The Hall–Kier alpha value is -0.590. The third-order valence-electron chi connectivity index (χ3n) is 2.30. The van der Waals surface area contributed by atoms with E-state index >= 15 is 0 Å². The zero-order chi connectivity index (χ0) is 7.56. The van der Waals surface area contributed by atoms with E-state index < -0.39 is 0 Å². The van der Waals surface area contributed by atoms with Crippen molar-refractivity contribution in [1.82, 2.24) is 0 Å². The van der Waals surface area contributed by atoms with Crippen molar-refractivity contribution in [3.05, 3.63) is 12.2 Å². The smallest absolute Gasteiger partial charge is 0.158 e. The van der Waals surface area contributed by atoms with Gasteiger partial charge >= 0.3 is 0 Å². The molecule has 0 spiro atoms. The molecule has 1 fully saturated rings. The Kier molecular flexibility index (Phi) is 2.25. The molecule has 1 heteroatoms. The summed E-state index contributed by atoms with van der Waals surface area (Å²) in [7, 11) is 0. The highest BCUT2D eigenvalue weighted by Gasteiger charge is 2.21. The topological polar surface area (TPSA) is 17.1 Å². The molecule has 1 aliphatic carbocycles. The van der Waals surface area contributed by atoms with Gasteiger partial charge in [0.2, 0.25) is 0 Å². The summed E-state index contributed by atoms with van der Waals surface area (Å²) in [4.78, 5) is 11.1.